The Bertz CT molecular complexity index is 442. The highest BCUT2D eigenvalue weighted by molar-refractivity contribution is 5.44. The van der Waals surface area contributed by atoms with Gasteiger partial charge in [0.2, 0.25) is 0 Å². The van der Waals surface area contributed by atoms with E-state index in [9.17, 15) is 4.39 Å². The number of ether oxygens (including phenoxy) is 2. The number of hydrogen-bond acceptors (Lipinski definition) is 3. The molecule has 1 unspecified atom stereocenters. The van der Waals surface area contributed by atoms with E-state index < -0.39 is 0 Å². The summed E-state index contributed by atoms with van der Waals surface area (Å²) < 4.78 is 24.8. The van der Waals surface area contributed by atoms with Crippen LogP contribution in [0.15, 0.2) is 12.1 Å². The average Bonchev–Trinajstić information content (AvgIpc) is 3.13. The van der Waals surface area contributed by atoms with E-state index >= 15 is 0 Å². The second kappa shape index (κ2) is 4.86. The van der Waals surface area contributed by atoms with Crippen molar-refractivity contribution in [2.45, 2.75) is 37.8 Å². The fourth-order valence-electron chi connectivity index (χ4n) is 2.56. The van der Waals surface area contributed by atoms with Gasteiger partial charge in [-0.2, -0.15) is 0 Å². The van der Waals surface area contributed by atoms with Crippen molar-refractivity contribution < 1.29 is 13.9 Å². The van der Waals surface area contributed by atoms with Gasteiger partial charge >= 0.3 is 0 Å². The summed E-state index contributed by atoms with van der Waals surface area (Å²) in [6.45, 7) is 2.14. The van der Waals surface area contributed by atoms with Crippen LogP contribution >= 0.6 is 0 Å². The van der Waals surface area contributed by atoms with Crippen molar-refractivity contribution >= 4 is 0 Å². The number of methoxy groups -OCH3 is 2. The smallest absolute Gasteiger partial charge is 0.136 e. The molecule has 1 aliphatic carbocycles. The maximum Gasteiger partial charge on any atom is 0.136 e. The van der Waals surface area contributed by atoms with E-state index in [1.807, 2.05) is 6.92 Å². The molecular formula is C14H20FNO2. The SMILES string of the molecule is COCc1c(OC)ccc(C2(C(C)N)CC2)c1F. The standard InChI is InChI=1S/C14H20FNO2/c1-9(16)14(6-7-14)11-4-5-12(18-3)10(8-17-2)13(11)15/h4-5,9H,6-8,16H2,1-3H3. The first-order valence-corrected chi connectivity index (χ1v) is 6.17. The average molecular weight is 253 g/mol. The number of nitrogens with two attached hydrogens (primary N) is 1. The van der Waals surface area contributed by atoms with Gasteiger partial charge in [0, 0.05) is 18.6 Å². The van der Waals surface area contributed by atoms with E-state index in [4.69, 9.17) is 15.2 Å². The quantitative estimate of drug-likeness (QED) is 0.876. The number of benzene rings is 1. The van der Waals surface area contributed by atoms with Crippen molar-refractivity contribution in [2.75, 3.05) is 14.2 Å². The van der Waals surface area contributed by atoms with Crippen LogP contribution in [0.1, 0.15) is 30.9 Å². The first-order chi connectivity index (χ1) is 8.56. The summed E-state index contributed by atoms with van der Waals surface area (Å²) in [5, 5.41) is 0. The van der Waals surface area contributed by atoms with Gasteiger partial charge in [-0.25, -0.2) is 4.39 Å². The molecule has 1 atom stereocenters. The molecule has 100 valence electrons. The summed E-state index contributed by atoms with van der Waals surface area (Å²) >= 11 is 0. The molecule has 18 heavy (non-hydrogen) atoms. The van der Waals surface area contributed by atoms with Crippen molar-refractivity contribution in [1.29, 1.82) is 0 Å². The predicted octanol–water partition coefficient (Wildman–Crippen LogP) is 2.36. The van der Waals surface area contributed by atoms with Gasteiger partial charge in [0.05, 0.1) is 19.3 Å². The summed E-state index contributed by atoms with van der Waals surface area (Å²) in [7, 11) is 3.08. The Hall–Kier alpha value is -1.13. The second-order valence-corrected chi connectivity index (χ2v) is 4.99. The van der Waals surface area contributed by atoms with E-state index in [0.717, 1.165) is 12.8 Å². The van der Waals surface area contributed by atoms with E-state index in [1.54, 1.807) is 19.2 Å². The first kappa shape index (κ1) is 13.3. The molecule has 1 aliphatic rings. The van der Waals surface area contributed by atoms with Crippen molar-refractivity contribution in [3.63, 3.8) is 0 Å². The van der Waals surface area contributed by atoms with Crippen LogP contribution in [-0.2, 0) is 16.8 Å². The molecule has 2 N–H and O–H groups in total. The minimum Gasteiger partial charge on any atom is -0.496 e. The first-order valence-electron chi connectivity index (χ1n) is 6.17. The number of rotatable bonds is 5. The van der Waals surface area contributed by atoms with Crippen LogP contribution in [0.2, 0.25) is 0 Å². The number of halogens is 1. The Morgan fingerprint density at radius 1 is 1.39 bits per heavy atom. The van der Waals surface area contributed by atoms with Gasteiger partial charge in [-0.05, 0) is 31.4 Å². The Morgan fingerprint density at radius 3 is 2.50 bits per heavy atom. The molecule has 0 aliphatic heterocycles. The van der Waals surface area contributed by atoms with Gasteiger partial charge in [0.15, 0.2) is 0 Å². The van der Waals surface area contributed by atoms with E-state index in [2.05, 4.69) is 0 Å². The normalized spacial score (nSPS) is 18.5. The molecule has 2 rings (SSSR count). The highest BCUT2D eigenvalue weighted by Crippen LogP contribution is 2.52. The van der Waals surface area contributed by atoms with Crippen LogP contribution in [0.25, 0.3) is 0 Å². The van der Waals surface area contributed by atoms with Gasteiger partial charge < -0.3 is 15.2 Å². The summed E-state index contributed by atoms with van der Waals surface area (Å²) in [4.78, 5) is 0. The Kier molecular flexibility index (Phi) is 3.59. The maximum atomic E-state index is 14.6. The molecule has 0 aromatic heterocycles. The molecule has 0 heterocycles. The number of hydrogen-bond donors (Lipinski definition) is 1. The van der Waals surface area contributed by atoms with Gasteiger partial charge in [0.1, 0.15) is 11.6 Å². The molecule has 4 heteroatoms. The topological polar surface area (TPSA) is 44.5 Å². The minimum absolute atomic E-state index is 0.0456. The molecule has 0 radical (unpaired) electrons. The van der Waals surface area contributed by atoms with Gasteiger partial charge in [-0.1, -0.05) is 6.07 Å². The predicted molar refractivity (Wildman–Crippen MR) is 68.2 cm³/mol. The molecular weight excluding hydrogens is 233 g/mol. The zero-order valence-electron chi connectivity index (χ0n) is 11.1. The molecule has 1 fully saturated rings. The van der Waals surface area contributed by atoms with Crippen LogP contribution in [0.4, 0.5) is 4.39 Å². The second-order valence-electron chi connectivity index (χ2n) is 4.99. The van der Waals surface area contributed by atoms with Crippen molar-refractivity contribution in [1.82, 2.24) is 0 Å². The van der Waals surface area contributed by atoms with Gasteiger partial charge in [-0.3, -0.25) is 0 Å². The molecule has 1 saturated carbocycles. The molecule has 1 aromatic rings. The fourth-order valence-corrected chi connectivity index (χ4v) is 2.56. The van der Waals surface area contributed by atoms with Gasteiger partial charge in [-0.15, -0.1) is 0 Å². The lowest BCUT2D eigenvalue weighted by Crippen LogP contribution is -2.32. The molecule has 0 spiro atoms. The summed E-state index contributed by atoms with van der Waals surface area (Å²) in [6.07, 6.45) is 1.89. The van der Waals surface area contributed by atoms with Crippen LogP contribution < -0.4 is 10.5 Å². The lowest BCUT2D eigenvalue weighted by Gasteiger charge is -2.22. The third-order valence-electron chi connectivity index (χ3n) is 3.91. The third kappa shape index (κ3) is 1.99. The van der Waals surface area contributed by atoms with Gasteiger partial charge in [0.25, 0.3) is 0 Å². The Morgan fingerprint density at radius 2 is 2.06 bits per heavy atom. The molecule has 0 saturated heterocycles. The molecule has 0 bridgehead atoms. The molecule has 0 amide bonds. The van der Waals surface area contributed by atoms with E-state index in [0.29, 0.717) is 16.9 Å². The van der Waals surface area contributed by atoms with Crippen molar-refractivity contribution in [3.05, 3.63) is 29.1 Å². The molecule has 1 aromatic carbocycles. The monoisotopic (exact) mass is 253 g/mol. The summed E-state index contributed by atoms with van der Waals surface area (Å²) in [5.41, 5.74) is 6.98. The summed E-state index contributed by atoms with van der Waals surface area (Å²) in [5.74, 6) is 0.296. The highest BCUT2D eigenvalue weighted by Gasteiger charge is 2.49. The van der Waals surface area contributed by atoms with Crippen LogP contribution in [0.3, 0.4) is 0 Å². The van der Waals surface area contributed by atoms with Crippen LogP contribution in [0.5, 0.6) is 5.75 Å². The Labute approximate surface area is 107 Å². The van der Waals surface area contributed by atoms with Crippen LogP contribution in [0, 0.1) is 5.82 Å². The van der Waals surface area contributed by atoms with Crippen LogP contribution in [-0.4, -0.2) is 20.3 Å². The fraction of sp³-hybridized carbons (Fsp3) is 0.571. The van der Waals surface area contributed by atoms with Crippen molar-refractivity contribution in [2.24, 2.45) is 5.73 Å². The highest BCUT2D eigenvalue weighted by atomic mass is 19.1. The zero-order valence-corrected chi connectivity index (χ0v) is 11.1. The zero-order chi connectivity index (χ0) is 13.3. The minimum atomic E-state index is -0.231. The maximum absolute atomic E-state index is 14.6. The third-order valence-corrected chi connectivity index (χ3v) is 3.91. The largest absolute Gasteiger partial charge is 0.496 e. The molecule has 3 nitrogen and oxygen atoms in total. The van der Waals surface area contributed by atoms with E-state index in [-0.39, 0.29) is 23.9 Å². The lowest BCUT2D eigenvalue weighted by molar-refractivity contribution is 0.177. The lowest BCUT2D eigenvalue weighted by atomic mass is 9.87. The summed E-state index contributed by atoms with van der Waals surface area (Å²) in [6, 6.07) is 3.55. The van der Waals surface area contributed by atoms with E-state index in [1.165, 1.54) is 7.11 Å². The van der Waals surface area contributed by atoms with Crippen molar-refractivity contribution in [3.8, 4) is 5.75 Å². The Balaban J connectivity index is 2.48.